The molecule has 0 aliphatic rings. The van der Waals surface area contributed by atoms with Crippen molar-refractivity contribution in [3.05, 3.63) is 65.7 Å². The molecule has 0 saturated heterocycles. The molecule has 134 valence electrons. The lowest BCUT2D eigenvalue weighted by Gasteiger charge is -2.17. The van der Waals surface area contributed by atoms with Crippen LogP contribution in [0.15, 0.2) is 59.6 Å². The van der Waals surface area contributed by atoms with E-state index in [0.717, 1.165) is 27.2 Å². The molecule has 4 nitrogen and oxygen atoms in total. The Labute approximate surface area is 158 Å². The summed E-state index contributed by atoms with van der Waals surface area (Å²) >= 11 is 1.48. The molecule has 0 spiro atoms. The lowest BCUT2D eigenvalue weighted by Crippen LogP contribution is -2.27. The van der Waals surface area contributed by atoms with Crippen LogP contribution in [0.4, 0.5) is 0 Å². The molecule has 0 aliphatic heterocycles. The molecular formula is C21H22N2O2S. The summed E-state index contributed by atoms with van der Waals surface area (Å²) in [6.07, 6.45) is 0. The molecule has 0 saturated carbocycles. The number of pyridine rings is 1. The highest BCUT2D eigenvalue weighted by atomic mass is 32.2. The number of nitrogens with zero attached hydrogens (tertiary/aromatic N) is 2. The number of benzene rings is 2. The van der Waals surface area contributed by atoms with Crippen LogP contribution in [0, 0.1) is 6.92 Å². The van der Waals surface area contributed by atoms with Gasteiger partial charge < -0.3 is 9.64 Å². The molecule has 2 aromatic carbocycles. The van der Waals surface area contributed by atoms with E-state index in [9.17, 15) is 4.79 Å². The van der Waals surface area contributed by atoms with Gasteiger partial charge in [0.05, 0.1) is 23.4 Å². The molecule has 3 aromatic rings. The summed E-state index contributed by atoms with van der Waals surface area (Å²) in [5.41, 5.74) is 3.19. The van der Waals surface area contributed by atoms with Gasteiger partial charge in [-0.2, -0.15) is 0 Å². The number of amides is 1. The quantitative estimate of drug-likeness (QED) is 0.610. The number of hydrogen-bond donors (Lipinski definition) is 0. The van der Waals surface area contributed by atoms with Crippen LogP contribution in [0.3, 0.4) is 0 Å². The second kappa shape index (κ2) is 8.23. The summed E-state index contributed by atoms with van der Waals surface area (Å²) in [6.45, 7) is 2.63. The molecule has 5 heteroatoms. The van der Waals surface area contributed by atoms with Crippen LogP contribution >= 0.6 is 11.8 Å². The van der Waals surface area contributed by atoms with E-state index in [4.69, 9.17) is 4.74 Å². The first-order chi connectivity index (χ1) is 12.6. The zero-order valence-corrected chi connectivity index (χ0v) is 16.0. The van der Waals surface area contributed by atoms with Crippen LogP contribution < -0.4 is 4.74 Å². The van der Waals surface area contributed by atoms with E-state index in [1.54, 1.807) is 12.0 Å². The molecule has 1 heterocycles. The van der Waals surface area contributed by atoms with Crippen molar-refractivity contribution in [3.8, 4) is 5.75 Å². The van der Waals surface area contributed by atoms with Crippen LogP contribution in [0.25, 0.3) is 10.9 Å². The number of fused-ring (bicyclic) bond motifs is 1. The molecule has 0 fully saturated rings. The maximum absolute atomic E-state index is 12.5. The van der Waals surface area contributed by atoms with Crippen LogP contribution in [0.5, 0.6) is 5.75 Å². The van der Waals surface area contributed by atoms with Crippen LogP contribution in [-0.4, -0.2) is 35.7 Å². The van der Waals surface area contributed by atoms with Gasteiger partial charge in [0, 0.05) is 19.0 Å². The minimum atomic E-state index is 0.0745. The third-order valence-corrected chi connectivity index (χ3v) is 5.12. The summed E-state index contributed by atoms with van der Waals surface area (Å²) < 4.78 is 5.23. The van der Waals surface area contributed by atoms with E-state index in [0.29, 0.717) is 12.3 Å². The fraction of sp³-hybridized carbons (Fsp3) is 0.238. The normalized spacial score (nSPS) is 10.7. The molecule has 1 amide bonds. The van der Waals surface area contributed by atoms with Crippen molar-refractivity contribution in [1.29, 1.82) is 0 Å². The Morgan fingerprint density at radius 3 is 2.77 bits per heavy atom. The van der Waals surface area contributed by atoms with Crippen molar-refractivity contribution in [2.24, 2.45) is 0 Å². The highest BCUT2D eigenvalue weighted by Crippen LogP contribution is 2.24. The molecule has 3 rings (SSSR count). The largest absolute Gasteiger partial charge is 0.497 e. The molecule has 0 atom stereocenters. The van der Waals surface area contributed by atoms with Crippen LogP contribution in [0.1, 0.15) is 11.1 Å². The molecular weight excluding hydrogens is 344 g/mol. The Morgan fingerprint density at radius 2 is 1.96 bits per heavy atom. The van der Waals surface area contributed by atoms with E-state index < -0.39 is 0 Å². The zero-order chi connectivity index (χ0) is 18.5. The maximum Gasteiger partial charge on any atom is 0.233 e. The Hall–Kier alpha value is -2.53. The van der Waals surface area contributed by atoms with E-state index in [1.807, 2.05) is 55.6 Å². The van der Waals surface area contributed by atoms with Crippen LogP contribution in [-0.2, 0) is 11.3 Å². The highest BCUT2D eigenvalue weighted by Gasteiger charge is 2.12. The van der Waals surface area contributed by atoms with E-state index in [1.165, 1.54) is 17.3 Å². The number of thioether (sulfide) groups is 1. The number of aryl methyl sites for hydroxylation is 1. The van der Waals surface area contributed by atoms with Gasteiger partial charge in [0.1, 0.15) is 5.75 Å². The van der Waals surface area contributed by atoms with Crippen LogP contribution in [0.2, 0.25) is 0 Å². The van der Waals surface area contributed by atoms with E-state index in [2.05, 4.69) is 18.0 Å². The number of carbonyl (C=O) groups is 1. The summed E-state index contributed by atoms with van der Waals surface area (Å²) in [6, 6.07) is 17.9. The van der Waals surface area contributed by atoms with Gasteiger partial charge in [-0.3, -0.25) is 4.79 Å². The average Bonchev–Trinajstić information content (AvgIpc) is 2.66. The number of para-hydroxylation sites is 1. The average molecular weight is 366 g/mol. The van der Waals surface area contributed by atoms with Crippen molar-refractivity contribution in [2.45, 2.75) is 18.5 Å². The summed E-state index contributed by atoms with van der Waals surface area (Å²) in [5, 5.41) is 2.03. The minimum Gasteiger partial charge on any atom is -0.497 e. The van der Waals surface area contributed by atoms with E-state index >= 15 is 0 Å². The molecule has 0 N–H and O–H groups in total. The number of hydrogen-bond acceptors (Lipinski definition) is 4. The van der Waals surface area contributed by atoms with Gasteiger partial charge in [0.15, 0.2) is 0 Å². The smallest absolute Gasteiger partial charge is 0.233 e. The highest BCUT2D eigenvalue weighted by molar-refractivity contribution is 7.99. The van der Waals surface area contributed by atoms with Crippen molar-refractivity contribution in [2.75, 3.05) is 19.9 Å². The summed E-state index contributed by atoms with van der Waals surface area (Å²) in [7, 11) is 3.46. The number of carbonyl (C=O) groups excluding carboxylic acids is 1. The predicted molar refractivity (Wildman–Crippen MR) is 107 cm³/mol. The minimum absolute atomic E-state index is 0.0745. The first kappa shape index (κ1) is 18.3. The molecule has 0 unspecified atom stereocenters. The fourth-order valence-corrected chi connectivity index (χ4v) is 3.69. The second-order valence-electron chi connectivity index (χ2n) is 6.18. The molecule has 0 bridgehead atoms. The van der Waals surface area contributed by atoms with Gasteiger partial charge in [0.25, 0.3) is 0 Å². The van der Waals surface area contributed by atoms with Gasteiger partial charge >= 0.3 is 0 Å². The lowest BCUT2D eigenvalue weighted by molar-refractivity contribution is -0.127. The van der Waals surface area contributed by atoms with Crippen molar-refractivity contribution >= 4 is 28.6 Å². The van der Waals surface area contributed by atoms with E-state index in [-0.39, 0.29) is 5.91 Å². The summed E-state index contributed by atoms with van der Waals surface area (Å²) in [5.74, 6) is 1.24. The molecule has 0 aliphatic carbocycles. The fourth-order valence-electron chi connectivity index (χ4n) is 2.77. The SMILES string of the molecule is COc1cccc(CN(C)C(=O)CSc2cc(C)c3ccccc3n2)c1. The Bertz CT molecular complexity index is 927. The van der Waals surface area contributed by atoms with Crippen molar-refractivity contribution < 1.29 is 9.53 Å². The van der Waals surface area contributed by atoms with Gasteiger partial charge in [-0.05, 0) is 42.3 Å². The van der Waals surface area contributed by atoms with Gasteiger partial charge in [-0.1, -0.05) is 42.1 Å². The van der Waals surface area contributed by atoms with Crippen molar-refractivity contribution in [3.63, 3.8) is 0 Å². The zero-order valence-electron chi connectivity index (χ0n) is 15.2. The first-order valence-electron chi connectivity index (χ1n) is 8.43. The Balaban J connectivity index is 1.62. The summed E-state index contributed by atoms with van der Waals surface area (Å²) in [4.78, 5) is 18.9. The maximum atomic E-state index is 12.5. The third-order valence-electron chi connectivity index (χ3n) is 4.22. The Morgan fingerprint density at radius 1 is 1.15 bits per heavy atom. The third kappa shape index (κ3) is 4.35. The standard InChI is InChI=1S/C21H22N2O2S/c1-15-11-20(22-19-10-5-4-9-18(15)19)26-14-21(24)23(2)13-16-7-6-8-17(12-16)25-3/h4-12H,13-14H2,1-3H3. The van der Waals surface area contributed by atoms with Gasteiger partial charge in [-0.25, -0.2) is 4.98 Å². The second-order valence-corrected chi connectivity index (χ2v) is 7.18. The number of methoxy groups -OCH3 is 1. The number of rotatable bonds is 6. The number of ether oxygens (including phenoxy) is 1. The first-order valence-corrected chi connectivity index (χ1v) is 9.41. The monoisotopic (exact) mass is 366 g/mol. The van der Waals surface area contributed by atoms with Crippen molar-refractivity contribution in [1.82, 2.24) is 9.88 Å². The molecule has 1 aromatic heterocycles. The lowest BCUT2D eigenvalue weighted by atomic mass is 10.1. The Kier molecular flexibility index (Phi) is 5.78. The van der Waals surface area contributed by atoms with Gasteiger partial charge in [-0.15, -0.1) is 0 Å². The molecule has 0 radical (unpaired) electrons. The predicted octanol–water partition coefficient (Wildman–Crippen LogP) is 4.30. The van der Waals surface area contributed by atoms with Gasteiger partial charge in [0.2, 0.25) is 5.91 Å². The number of aromatic nitrogens is 1. The topological polar surface area (TPSA) is 42.4 Å². The molecule has 26 heavy (non-hydrogen) atoms.